The molecule has 0 bridgehead atoms. The fourth-order valence-corrected chi connectivity index (χ4v) is 5.24. The minimum absolute atomic E-state index is 0.000237. The second kappa shape index (κ2) is 10.2. The first-order valence-corrected chi connectivity index (χ1v) is 12.2. The lowest BCUT2D eigenvalue weighted by molar-refractivity contribution is -0.153. The molecule has 35 heavy (non-hydrogen) atoms. The van der Waals surface area contributed by atoms with Crippen LogP contribution in [0, 0.1) is 17.8 Å². The van der Waals surface area contributed by atoms with Gasteiger partial charge in [-0.1, -0.05) is 29.3 Å². The predicted molar refractivity (Wildman–Crippen MR) is 128 cm³/mol. The molecule has 2 saturated carbocycles. The average molecular weight is 529 g/mol. The molecule has 2 amide bonds. The van der Waals surface area contributed by atoms with E-state index in [-0.39, 0.29) is 35.2 Å². The maximum atomic E-state index is 13.2. The summed E-state index contributed by atoms with van der Waals surface area (Å²) in [4.78, 5) is 51.8. The van der Waals surface area contributed by atoms with E-state index in [2.05, 4.69) is 10.6 Å². The Hall–Kier alpha value is -2.52. The van der Waals surface area contributed by atoms with Crippen LogP contribution < -0.4 is 10.6 Å². The second-order valence-corrected chi connectivity index (χ2v) is 10.4. The van der Waals surface area contributed by atoms with E-state index < -0.39 is 58.9 Å². The van der Waals surface area contributed by atoms with Crippen molar-refractivity contribution in [1.82, 2.24) is 10.6 Å². The standard InChI is InChI=1S/C24H30Cl2N2O7/c1-6-33-20(30)16-15-14(27-19(29)12-9-8-10-13(25)18(12)26)11-24(17(15)16,21(31)34-7-2)28-22(32)35-23(3,4)5/h8-10,14-17H,6-7,11H2,1-5H3,(H,27,29)(H,28,32)/t14?,15?,16-,17?,24?/m0/s1. The topological polar surface area (TPSA) is 120 Å². The average Bonchev–Trinajstić information content (AvgIpc) is 3.42. The first-order chi connectivity index (χ1) is 16.4. The molecular formula is C24H30Cl2N2O7. The van der Waals surface area contributed by atoms with Crippen LogP contribution in [0.2, 0.25) is 10.0 Å². The van der Waals surface area contributed by atoms with E-state index in [1.165, 1.54) is 6.07 Å². The van der Waals surface area contributed by atoms with Crippen LogP contribution in [-0.4, -0.2) is 54.3 Å². The van der Waals surface area contributed by atoms with E-state index in [1.807, 2.05) is 0 Å². The monoisotopic (exact) mass is 528 g/mol. The van der Waals surface area contributed by atoms with Crippen molar-refractivity contribution in [2.45, 2.75) is 58.2 Å². The Morgan fingerprint density at radius 3 is 2.34 bits per heavy atom. The van der Waals surface area contributed by atoms with Gasteiger partial charge in [0, 0.05) is 18.4 Å². The molecule has 0 aromatic heterocycles. The number of amides is 2. The molecule has 9 nitrogen and oxygen atoms in total. The van der Waals surface area contributed by atoms with Crippen LogP contribution in [-0.2, 0) is 23.8 Å². The van der Waals surface area contributed by atoms with Crippen LogP contribution in [0.25, 0.3) is 0 Å². The summed E-state index contributed by atoms with van der Waals surface area (Å²) in [5.41, 5.74) is -2.26. The van der Waals surface area contributed by atoms with E-state index in [4.69, 9.17) is 37.4 Å². The van der Waals surface area contributed by atoms with Crippen molar-refractivity contribution in [2.75, 3.05) is 13.2 Å². The Morgan fingerprint density at radius 1 is 1.09 bits per heavy atom. The molecule has 0 radical (unpaired) electrons. The molecule has 11 heteroatoms. The van der Waals surface area contributed by atoms with Crippen LogP contribution in [0.5, 0.6) is 0 Å². The van der Waals surface area contributed by atoms with Crippen molar-refractivity contribution < 1.29 is 33.4 Å². The summed E-state index contributed by atoms with van der Waals surface area (Å²) in [7, 11) is 0. The molecule has 0 aliphatic heterocycles. The highest BCUT2D eigenvalue weighted by Gasteiger charge is 2.76. The summed E-state index contributed by atoms with van der Waals surface area (Å²) in [6.45, 7) is 8.60. The molecule has 5 atom stereocenters. The Balaban J connectivity index is 1.95. The number of carbonyl (C=O) groups is 4. The van der Waals surface area contributed by atoms with Crippen LogP contribution in [0.15, 0.2) is 18.2 Å². The van der Waals surface area contributed by atoms with Gasteiger partial charge in [0.1, 0.15) is 11.1 Å². The minimum atomic E-state index is -1.59. The highest BCUT2D eigenvalue weighted by molar-refractivity contribution is 6.43. The van der Waals surface area contributed by atoms with Crippen LogP contribution >= 0.6 is 23.2 Å². The number of benzene rings is 1. The van der Waals surface area contributed by atoms with Gasteiger partial charge in [-0.2, -0.15) is 0 Å². The van der Waals surface area contributed by atoms with Gasteiger partial charge in [-0.25, -0.2) is 9.59 Å². The van der Waals surface area contributed by atoms with Crippen LogP contribution in [0.3, 0.4) is 0 Å². The van der Waals surface area contributed by atoms with E-state index in [0.717, 1.165) is 0 Å². The Morgan fingerprint density at radius 2 is 1.74 bits per heavy atom. The number of hydrogen-bond donors (Lipinski definition) is 2. The Kier molecular flexibility index (Phi) is 7.91. The number of carbonyl (C=O) groups excluding carboxylic acids is 4. The van der Waals surface area contributed by atoms with E-state index >= 15 is 0 Å². The molecule has 1 aromatic rings. The van der Waals surface area contributed by atoms with Crippen molar-refractivity contribution in [3.63, 3.8) is 0 Å². The number of esters is 2. The van der Waals surface area contributed by atoms with Gasteiger partial charge in [-0.3, -0.25) is 9.59 Å². The van der Waals surface area contributed by atoms with Gasteiger partial charge in [0.05, 0.1) is 34.7 Å². The zero-order chi connectivity index (χ0) is 26.1. The van der Waals surface area contributed by atoms with Gasteiger partial charge in [-0.15, -0.1) is 0 Å². The van der Waals surface area contributed by atoms with Gasteiger partial charge in [0.2, 0.25) is 0 Å². The van der Waals surface area contributed by atoms with Crippen molar-refractivity contribution in [1.29, 1.82) is 0 Å². The molecule has 2 fully saturated rings. The maximum Gasteiger partial charge on any atom is 0.408 e. The number of nitrogens with one attached hydrogen (secondary N) is 2. The van der Waals surface area contributed by atoms with Gasteiger partial charge in [0.15, 0.2) is 0 Å². The molecule has 4 unspecified atom stereocenters. The molecule has 0 spiro atoms. The molecule has 2 N–H and O–H groups in total. The Labute approximate surface area is 214 Å². The summed E-state index contributed by atoms with van der Waals surface area (Å²) in [5.74, 6) is -3.56. The fraction of sp³-hybridized carbons (Fsp3) is 0.583. The minimum Gasteiger partial charge on any atom is -0.466 e. The van der Waals surface area contributed by atoms with Crippen molar-refractivity contribution in [2.24, 2.45) is 17.8 Å². The predicted octanol–water partition coefficient (Wildman–Crippen LogP) is 3.75. The van der Waals surface area contributed by atoms with Gasteiger partial charge in [0.25, 0.3) is 5.91 Å². The van der Waals surface area contributed by atoms with Crippen LogP contribution in [0.1, 0.15) is 51.4 Å². The summed E-state index contributed by atoms with van der Waals surface area (Å²) >= 11 is 12.3. The first-order valence-electron chi connectivity index (χ1n) is 11.5. The third-order valence-electron chi connectivity index (χ3n) is 6.09. The number of rotatable bonds is 7. The Bertz CT molecular complexity index is 1030. The molecule has 0 heterocycles. The number of alkyl carbamates (subject to hydrolysis) is 1. The van der Waals surface area contributed by atoms with Crippen molar-refractivity contribution in [3.05, 3.63) is 33.8 Å². The van der Waals surface area contributed by atoms with Crippen molar-refractivity contribution >= 4 is 47.1 Å². The number of hydrogen-bond acceptors (Lipinski definition) is 7. The molecule has 192 valence electrons. The zero-order valence-corrected chi connectivity index (χ0v) is 21.8. The molecular weight excluding hydrogens is 499 g/mol. The van der Waals surface area contributed by atoms with E-state index in [0.29, 0.717) is 0 Å². The number of fused-ring (bicyclic) bond motifs is 1. The second-order valence-electron chi connectivity index (χ2n) is 9.59. The normalized spacial score (nSPS) is 26.8. The maximum absolute atomic E-state index is 13.2. The number of ether oxygens (including phenoxy) is 3. The highest BCUT2D eigenvalue weighted by Crippen LogP contribution is 2.63. The highest BCUT2D eigenvalue weighted by atomic mass is 35.5. The molecule has 3 rings (SSSR count). The fourth-order valence-electron chi connectivity index (χ4n) is 4.85. The molecule has 0 saturated heterocycles. The van der Waals surface area contributed by atoms with E-state index in [1.54, 1.807) is 46.8 Å². The SMILES string of the molecule is CCOC(=O)[C@H]1C2C(NC(=O)c3cccc(Cl)c3Cl)CC(NC(=O)OC(C)(C)C)(C(=O)OCC)C21. The number of halogens is 2. The molecule has 2 aliphatic rings. The third-order valence-corrected chi connectivity index (χ3v) is 6.90. The zero-order valence-electron chi connectivity index (χ0n) is 20.3. The lowest BCUT2D eigenvalue weighted by Gasteiger charge is -2.33. The lowest BCUT2D eigenvalue weighted by atomic mass is 9.88. The van der Waals surface area contributed by atoms with Gasteiger partial charge < -0.3 is 24.8 Å². The van der Waals surface area contributed by atoms with Crippen molar-refractivity contribution in [3.8, 4) is 0 Å². The summed E-state index contributed by atoms with van der Waals surface area (Å²) in [5, 5.41) is 5.84. The van der Waals surface area contributed by atoms with Gasteiger partial charge in [-0.05, 0) is 52.7 Å². The van der Waals surface area contributed by atoms with E-state index in [9.17, 15) is 19.2 Å². The lowest BCUT2D eigenvalue weighted by Crippen LogP contribution is -2.59. The van der Waals surface area contributed by atoms with Gasteiger partial charge >= 0.3 is 18.0 Å². The summed E-state index contributed by atoms with van der Waals surface area (Å²) < 4.78 is 15.9. The van der Waals surface area contributed by atoms with Crippen LogP contribution in [0.4, 0.5) is 4.79 Å². The first kappa shape index (κ1) is 27.1. The third kappa shape index (κ3) is 5.51. The summed E-state index contributed by atoms with van der Waals surface area (Å²) in [6.07, 6.45) is -0.830. The summed E-state index contributed by atoms with van der Waals surface area (Å²) in [6, 6.07) is 4.01. The quantitative estimate of drug-likeness (QED) is 0.408. The molecule has 2 aliphatic carbocycles. The molecule has 1 aromatic carbocycles. The largest absolute Gasteiger partial charge is 0.466 e. The smallest absolute Gasteiger partial charge is 0.408 e.